The minimum absolute atomic E-state index is 0.872. The van der Waals surface area contributed by atoms with Crippen molar-refractivity contribution in [3.8, 4) is 0 Å². The summed E-state index contributed by atoms with van der Waals surface area (Å²) in [6.45, 7) is 3.95. The van der Waals surface area contributed by atoms with Crippen LogP contribution in [0.25, 0.3) is 0 Å². The quantitative estimate of drug-likeness (QED) is 0.486. The largest absolute Gasteiger partial charge is 0.0885 e. The molecular weight excluding hydrogens is 120 g/mol. The summed E-state index contributed by atoms with van der Waals surface area (Å²) in [6.07, 6.45) is 12.5. The van der Waals surface area contributed by atoms with Crippen molar-refractivity contribution in [1.82, 2.24) is 0 Å². The van der Waals surface area contributed by atoms with Crippen LogP contribution in [-0.2, 0) is 0 Å². The lowest BCUT2D eigenvalue weighted by molar-refractivity contribution is 0.461. The van der Waals surface area contributed by atoms with Crippen molar-refractivity contribution in [2.24, 2.45) is 5.92 Å². The zero-order valence-electron chi connectivity index (χ0n) is 6.68. The van der Waals surface area contributed by atoms with E-state index in [0.717, 1.165) is 12.3 Å². The van der Waals surface area contributed by atoms with E-state index >= 15 is 0 Å². The molecule has 57 valence electrons. The van der Waals surface area contributed by atoms with Crippen molar-refractivity contribution in [2.45, 2.75) is 38.5 Å². The minimum atomic E-state index is 0.872. The van der Waals surface area contributed by atoms with Crippen LogP contribution in [0.15, 0.2) is 12.2 Å². The first-order valence-corrected chi connectivity index (χ1v) is 4.37. The maximum Gasteiger partial charge on any atom is -0.0322 e. The van der Waals surface area contributed by atoms with Crippen LogP contribution in [0.3, 0.4) is 0 Å². The van der Waals surface area contributed by atoms with Crippen LogP contribution >= 0.6 is 0 Å². The third kappa shape index (κ3) is 2.55. The first-order valence-electron chi connectivity index (χ1n) is 4.37. The second kappa shape index (κ2) is 4.54. The normalized spacial score (nSPS) is 30.7. The molecule has 1 radical (unpaired) electrons. The fraction of sp³-hybridized carbons (Fsp3) is 0.700. The topological polar surface area (TPSA) is 0 Å². The summed E-state index contributed by atoms with van der Waals surface area (Å²) in [5.74, 6) is 0.872. The van der Waals surface area contributed by atoms with E-state index in [1.54, 1.807) is 0 Å². The SMILES string of the molecule is [CH2]CC1C/C=C\CCCC1. The van der Waals surface area contributed by atoms with Gasteiger partial charge in [-0.05, 0) is 25.2 Å². The van der Waals surface area contributed by atoms with E-state index in [2.05, 4.69) is 19.1 Å². The van der Waals surface area contributed by atoms with Gasteiger partial charge in [0.1, 0.15) is 0 Å². The van der Waals surface area contributed by atoms with Gasteiger partial charge in [-0.1, -0.05) is 38.3 Å². The summed E-state index contributed by atoms with van der Waals surface area (Å²) < 4.78 is 0. The molecule has 0 aromatic heterocycles. The van der Waals surface area contributed by atoms with Crippen molar-refractivity contribution in [3.63, 3.8) is 0 Å². The highest BCUT2D eigenvalue weighted by atomic mass is 14.1. The summed E-state index contributed by atoms with van der Waals surface area (Å²) in [4.78, 5) is 0. The van der Waals surface area contributed by atoms with Crippen LogP contribution in [0.4, 0.5) is 0 Å². The van der Waals surface area contributed by atoms with Crippen LogP contribution in [0.5, 0.6) is 0 Å². The minimum Gasteiger partial charge on any atom is -0.0885 e. The van der Waals surface area contributed by atoms with Crippen LogP contribution in [0, 0.1) is 12.8 Å². The summed E-state index contributed by atoms with van der Waals surface area (Å²) in [5.41, 5.74) is 0. The van der Waals surface area contributed by atoms with Crippen molar-refractivity contribution < 1.29 is 0 Å². The van der Waals surface area contributed by atoms with E-state index in [1.807, 2.05) is 0 Å². The second-order valence-corrected chi connectivity index (χ2v) is 3.15. The Hall–Kier alpha value is -0.260. The van der Waals surface area contributed by atoms with Gasteiger partial charge in [0, 0.05) is 0 Å². The molecule has 0 amide bonds. The first-order chi connectivity index (χ1) is 4.93. The lowest BCUT2D eigenvalue weighted by atomic mass is 9.93. The van der Waals surface area contributed by atoms with Gasteiger partial charge >= 0.3 is 0 Å². The molecule has 0 aromatic rings. The van der Waals surface area contributed by atoms with Gasteiger partial charge in [0.25, 0.3) is 0 Å². The Bertz CT molecular complexity index is 103. The average molecular weight is 137 g/mol. The summed E-state index contributed by atoms with van der Waals surface area (Å²) in [6, 6.07) is 0. The molecule has 10 heavy (non-hydrogen) atoms. The van der Waals surface area contributed by atoms with E-state index < -0.39 is 0 Å². The van der Waals surface area contributed by atoms with Crippen LogP contribution in [0.2, 0.25) is 0 Å². The van der Waals surface area contributed by atoms with Gasteiger partial charge < -0.3 is 0 Å². The van der Waals surface area contributed by atoms with Gasteiger partial charge in [0.2, 0.25) is 0 Å². The molecule has 0 heteroatoms. The van der Waals surface area contributed by atoms with E-state index in [0.29, 0.717) is 0 Å². The van der Waals surface area contributed by atoms with E-state index in [-0.39, 0.29) is 0 Å². The summed E-state index contributed by atoms with van der Waals surface area (Å²) >= 11 is 0. The molecule has 1 atom stereocenters. The lowest BCUT2D eigenvalue weighted by Gasteiger charge is -2.13. The fourth-order valence-electron chi connectivity index (χ4n) is 1.48. The smallest absolute Gasteiger partial charge is 0.0322 e. The molecule has 1 aliphatic carbocycles. The van der Waals surface area contributed by atoms with E-state index in [1.165, 1.54) is 32.1 Å². The van der Waals surface area contributed by atoms with Gasteiger partial charge in [-0.3, -0.25) is 0 Å². The summed E-state index contributed by atoms with van der Waals surface area (Å²) in [5, 5.41) is 0. The predicted molar refractivity (Wildman–Crippen MR) is 45.7 cm³/mol. The highest BCUT2D eigenvalue weighted by molar-refractivity contribution is 4.86. The van der Waals surface area contributed by atoms with Gasteiger partial charge in [-0.2, -0.15) is 0 Å². The Morgan fingerprint density at radius 1 is 1.30 bits per heavy atom. The third-order valence-electron chi connectivity index (χ3n) is 2.28. The average Bonchev–Trinajstić information content (AvgIpc) is 1.87. The molecule has 0 heterocycles. The molecule has 0 saturated carbocycles. The van der Waals surface area contributed by atoms with E-state index in [9.17, 15) is 0 Å². The molecule has 1 unspecified atom stereocenters. The third-order valence-corrected chi connectivity index (χ3v) is 2.28. The zero-order chi connectivity index (χ0) is 7.23. The highest BCUT2D eigenvalue weighted by Crippen LogP contribution is 2.20. The zero-order valence-corrected chi connectivity index (χ0v) is 6.68. The standard InChI is InChI=1S/C10H17/c1-2-10-8-6-4-3-5-7-9-10/h4,6,10H,1-3,5,7-9H2/b6-4-. The first kappa shape index (κ1) is 7.84. The van der Waals surface area contributed by atoms with E-state index in [4.69, 9.17) is 0 Å². The fourth-order valence-corrected chi connectivity index (χ4v) is 1.48. The van der Waals surface area contributed by atoms with Gasteiger partial charge in [0.05, 0.1) is 0 Å². The van der Waals surface area contributed by atoms with Gasteiger partial charge in [-0.25, -0.2) is 0 Å². The molecule has 0 fully saturated rings. The van der Waals surface area contributed by atoms with Gasteiger partial charge in [-0.15, -0.1) is 0 Å². The Morgan fingerprint density at radius 3 is 3.00 bits per heavy atom. The van der Waals surface area contributed by atoms with Crippen LogP contribution in [0.1, 0.15) is 38.5 Å². The molecule has 0 N–H and O–H groups in total. The molecule has 1 aliphatic rings. The monoisotopic (exact) mass is 137 g/mol. The molecule has 0 bridgehead atoms. The van der Waals surface area contributed by atoms with Gasteiger partial charge in [0.15, 0.2) is 0 Å². The Balaban J connectivity index is 2.30. The molecule has 0 aromatic carbocycles. The molecule has 1 rings (SSSR count). The predicted octanol–water partition coefficient (Wildman–Crippen LogP) is 3.35. The summed E-state index contributed by atoms with van der Waals surface area (Å²) in [7, 11) is 0. The molecule has 0 nitrogen and oxygen atoms in total. The Kier molecular flexibility index (Phi) is 3.56. The Morgan fingerprint density at radius 2 is 2.20 bits per heavy atom. The van der Waals surface area contributed by atoms with Crippen LogP contribution < -0.4 is 0 Å². The number of hydrogen-bond donors (Lipinski definition) is 0. The highest BCUT2D eigenvalue weighted by Gasteiger charge is 2.04. The maximum atomic E-state index is 3.95. The van der Waals surface area contributed by atoms with Crippen molar-refractivity contribution >= 4 is 0 Å². The van der Waals surface area contributed by atoms with Crippen LogP contribution in [-0.4, -0.2) is 0 Å². The molecule has 0 aliphatic heterocycles. The van der Waals surface area contributed by atoms with Crippen molar-refractivity contribution in [2.75, 3.05) is 0 Å². The number of allylic oxidation sites excluding steroid dienone is 2. The lowest BCUT2D eigenvalue weighted by Crippen LogP contribution is -1.98. The molecular formula is C10H17. The molecule has 0 spiro atoms. The molecule has 0 saturated heterocycles. The maximum absolute atomic E-state index is 3.95. The van der Waals surface area contributed by atoms with Crippen molar-refractivity contribution in [1.29, 1.82) is 0 Å². The number of rotatable bonds is 1. The van der Waals surface area contributed by atoms with Crippen molar-refractivity contribution in [3.05, 3.63) is 19.1 Å². The number of hydrogen-bond acceptors (Lipinski definition) is 0. The second-order valence-electron chi connectivity index (χ2n) is 3.15. The Labute approximate surface area is 64.3 Å².